The molecular weight excluding hydrogens is 380 g/mol. The third-order valence-electron chi connectivity index (χ3n) is 5.61. The fourth-order valence-corrected chi connectivity index (χ4v) is 4.27. The number of ketones is 1. The second-order valence-corrected chi connectivity index (χ2v) is 7.50. The number of hydrogen-bond acceptors (Lipinski definition) is 6. The highest BCUT2D eigenvalue weighted by atomic mass is 16.6. The predicted octanol–water partition coefficient (Wildman–Crippen LogP) is 4.21. The van der Waals surface area contributed by atoms with Crippen LogP contribution in [0.2, 0.25) is 0 Å². The Morgan fingerprint density at radius 1 is 1.20 bits per heavy atom. The SMILES string of the molecule is Cc1cccc(N2C(N)=C(C#N)[C@H](c3ccc([N+](=O)[O-])cc3)C3=C2CCCC3=O)c1. The van der Waals surface area contributed by atoms with E-state index in [1.54, 1.807) is 12.1 Å². The van der Waals surface area contributed by atoms with Crippen LogP contribution >= 0.6 is 0 Å². The molecule has 30 heavy (non-hydrogen) atoms. The maximum absolute atomic E-state index is 13.0. The number of anilines is 1. The molecule has 0 radical (unpaired) electrons. The second-order valence-electron chi connectivity index (χ2n) is 7.50. The van der Waals surface area contributed by atoms with E-state index in [2.05, 4.69) is 6.07 Å². The minimum atomic E-state index is -0.625. The van der Waals surface area contributed by atoms with E-state index in [1.807, 2.05) is 36.1 Å². The van der Waals surface area contributed by atoms with Crippen molar-refractivity contribution in [1.82, 2.24) is 0 Å². The lowest BCUT2D eigenvalue weighted by atomic mass is 9.75. The number of allylic oxidation sites excluding steroid dienone is 3. The maximum atomic E-state index is 13.0. The van der Waals surface area contributed by atoms with E-state index in [0.29, 0.717) is 36.2 Å². The smallest absolute Gasteiger partial charge is 0.269 e. The van der Waals surface area contributed by atoms with Gasteiger partial charge in [0.25, 0.3) is 5.69 Å². The molecule has 1 heterocycles. The zero-order valence-corrected chi connectivity index (χ0v) is 16.5. The Hall–Kier alpha value is -3.92. The second kappa shape index (κ2) is 7.48. The van der Waals surface area contributed by atoms with Gasteiger partial charge < -0.3 is 5.73 Å². The lowest BCUT2D eigenvalue weighted by Crippen LogP contribution is -2.38. The summed E-state index contributed by atoms with van der Waals surface area (Å²) in [6, 6.07) is 15.9. The molecule has 4 rings (SSSR count). The Balaban J connectivity index is 1.93. The number of nitrogens with zero attached hydrogens (tertiary/aromatic N) is 3. The lowest BCUT2D eigenvalue weighted by Gasteiger charge is -2.39. The Morgan fingerprint density at radius 3 is 2.57 bits per heavy atom. The highest BCUT2D eigenvalue weighted by Crippen LogP contribution is 2.46. The minimum absolute atomic E-state index is 0.0162. The molecule has 0 unspecified atom stereocenters. The third-order valence-corrected chi connectivity index (χ3v) is 5.61. The summed E-state index contributed by atoms with van der Waals surface area (Å²) >= 11 is 0. The summed E-state index contributed by atoms with van der Waals surface area (Å²) in [6.45, 7) is 1.97. The molecule has 2 aliphatic rings. The van der Waals surface area contributed by atoms with E-state index < -0.39 is 10.8 Å². The van der Waals surface area contributed by atoms with Gasteiger partial charge in [-0.1, -0.05) is 24.3 Å². The number of hydrogen-bond donors (Lipinski definition) is 1. The number of non-ortho nitro benzene ring substituents is 1. The Bertz CT molecular complexity index is 1160. The minimum Gasteiger partial charge on any atom is -0.384 e. The monoisotopic (exact) mass is 400 g/mol. The zero-order chi connectivity index (χ0) is 21.4. The number of Topliss-reactive ketones (excluding diaryl/α,β-unsaturated/α-hetero) is 1. The average molecular weight is 400 g/mol. The number of carbonyl (C=O) groups excluding carboxylic acids is 1. The molecule has 7 nitrogen and oxygen atoms in total. The van der Waals surface area contributed by atoms with E-state index in [-0.39, 0.29) is 17.0 Å². The zero-order valence-electron chi connectivity index (χ0n) is 16.5. The number of nitriles is 1. The van der Waals surface area contributed by atoms with Crippen molar-refractivity contribution in [3.8, 4) is 6.07 Å². The summed E-state index contributed by atoms with van der Waals surface area (Å²) in [5, 5.41) is 21.0. The molecule has 1 aliphatic carbocycles. The quantitative estimate of drug-likeness (QED) is 0.610. The normalized spacial score (nSPS) is 18.9. The first kappa shape index (κ1) is 19.4. The van der Waals surface area contributed by atoms with Crippen LogP contribution < -0.4 is 10.6 Å². The molecule has 0 saturated carbocycles. The van der Waals surface area contributed by atoms with Gasteiger partial charge in [0.2, 0.25) is 0 Å². The summed E-state index contributed by atoms with van der Waals surface area (Å²) < 4.78 is 0. The van der Waals surface area contributed by atoms with Crippen LogP contribution in [0.15, 0.2) is 71.2 Å². The highest BCUT2D eigenvalue weighted by molar-refractivity contribution is 6.01. The first-order valence-electron chi connectivity index (χ1n) is 9.69. The van der Waals surface area contributed by atoms with Gasteiger partial charge in [-0.25, -0.2) is 0 Å². The van der Waals surface area contributed by atoms with Gasteiger partial charge in [-0.15, -0.1) is 0 Å². The first-order valence-corrected chi connectivity index (χ1v) is 9.69. The van der Waals surface area contributed by atoms with Crippen molar-refractivity contribution in [3.63, 3.8) is 0 Å². The first-order chi connectivity index (χ1) is 14.4. The van der Waals surface area contributed by atoms with Crippen molar-refractivity contribution in [1.29, 1.82) is 5.26 Å². The van der Waals surface area contributed by atoms with Gasteiger partial charge in [-0.3, -0.25) is 19.8 Å². The van der Waals surface area contributed by atoms with Gasteiger partial charge in [-0.2, -0.15) is 5.26 Å². The third kappa shape index (κ3) is 3.12. The van der Waals surface area contributed by atoms with Gasteiger partial charge in [0.05, 0.1) is 22.5 Å². The molecule has 0 fully saturated rings. The summed E-state index contributed by atoms with van der Waals surface area (Å²) in [5.41, 5.74) is 10.6. The van der Waals surface area contributed by atoms with Crippen LogP contribution in [0.4, 0.5) is 11.4 Å². The van der Waals surface area contributed by atoms with Crippen molar-refractivity contribution in [2.24, 2.45) is 5.73 Å². The lowest BCUT2D eigenvalue weighted by molar-refractivity contribution is -0.384. The Morgan fingerprint density at radius 2 is 1.93 bits per heavy atom. The van der Waals surface area contributed by atoms with Crippen LogP contribution in [0.25, 0.3) is 0 Å². The molecule has 0 bridgehead atoms. The number of carbonyl (C=O) groups is 1. The van der Waals surface area contributed by atoms with Gasteiger partial charge in [0, 0.05) is 35.5 Å². The molecular formula is C23H20N4O3. The largest absolute Gasteiger partial charge is 0.384 e. The van der Waals surface area contributed by atoms with Crippen molar-refractivity contribution >= 4 is 17.2 Å². The topological polar surface area (TPSA) is 113 Å². The molecule has 0 aromatic heterocycles. The Labute approximate surface area is 173 Å². The predicted molar refractivity (Wildman–Crippen MR) is 112 cm³/mol. The molecule has 0 amide bonds. The van der Waals surface area contributed by atoms with Crippen molar-refractivity contribution in [3.05, 3.63) is 92.4 Å². The van der Waals surface area contributed by atoms with Gasteiger partial charge in [0.1, 0.15) is 5.82 Å². The fourth-order valence-electron chi connectivity index (χ4n) is 4.27. The molecule has 2 aromatic carbocycles. The summed E-state index contributed by atoms with van der Waals surface area (Å²) in [4.78, 5) is 25.4. The molecule has 2 N–H and O–H groups in total. The van der Waals surface area contributed by atoms with E-state index in [1.165, 1.54) is 12.1 Å². The van der Waals surface area contributed by atoms with E-state index >= 15 is 0 Å². The number of nitro benzene ring substituents is 1. The van der Waals surface area contributed by atoms with Crippen LogP contribution in [-0.4, -0.2) is 10.7 Å². The molecule has 7 heteroatoms. The van der Waals surface area contributed by atoms with Gasteiger partial charge >= 0.3 is 0 Å². The van der Waals surface area contributed by atoms with Crippen LogP contribution in [0.3, 0.4) is 0 Å². The molecule has 150 valence electrons. The van der Waals surface area contributed by atoms with Gasteiger partial charge in [0.15, 0.2) is 5.78 Å². The summed E-state index contributed by atoms with van der Waals surface area (Å²) in [7, 11) is 0. The molecule has 1 atom stereocenters. The molecule has 0 spiro atoms. The highest BCUT2D eigenvalue weighted by Gasteiger charge is 2.40. The van der Waals surface area contributed by atoms with Crippen LogP contribution in [0.1, 0.15) is 36.3 Å². The Kier molecular flexibility index (Phi) is 4.84. The van der Waals surface area contributed by atoms with Crippen LogP contribution in [-0.2, 0) is 4.79 Å². The molecule has 0 saturated heterocycles. The summed E-state index contributed by atoms with van der Waals surface area (Å²) in [6.07, 6.45) is 1.78. The number of nitro groups is 1. The summed E-state index contributed by atoms with van der Waals surface area (Å²) in [5.74, 6) is -0.350. The van der Waals surface area contributed by atoms with E-state index in [9.17, 15) is 20.2 Å². The maximum Gasteiger partial charge on any atom is 0.269 e. The molecule has 1 aliphatic heterocycles. The number of rotatable bonds is 3. The van der Waals surface area contributed by atoms with E-state index in [0.717, 1.165) is 16.9 Å². The van der Waals surface area contributed by atoms with Crippen molar-refractivity contribution < 1.29 is 9.72 Å². The van der Waals surface area contributed by atoms with Crippen LogP contribution in [0.5, 0.6) is 0 Å². The van der Waals surface area contributed by atoms with E-state index in [4.69, 9.17) is 5.73 Å². The van der Waals surface area contributed by atoms with Crippen molar-refractivity contribution in [2.75, 3.05) is 4.90 Å². The average Bonchev–Trinajstić information content (AvgIpc) is 2.73. The number of nitrogens with two attached hydrogens (primary N) is 1. The van der Waals surface area contributed by atoms with Crippen molar-refractivity contribution in [2.45, 2.75) is 32.1 Å². The molecule has 2 aromatic rings. The fraction of sp³-hybridized carbons (Fsp3) is 0.217. The number of aryl methyl sites for hydroxylation is 1. The van der Waals surface area contributed by atoms with Crippen LogP contribution in [0, 0.1) is 28.4 Å². The standard InChI is InChI=1S/C23H20N4O3/c1-14-4-2-5-17(12-14)26-19-6-3-7-20(28)22(19)21(18(13-24)23(26)25)15-8-10-16(11-9-15)27(29)30/h2,4-5,8-12,21H,3,6-7,25H2,1H3/t21-/m0/s1. The van der Waals surface area contributed by atoms with Gasteiger partial charge in [-0.05, 0) is 43.0 Å². The number of benzene rings is 2.